The van der Waals surface area contributed by atoms with Crippen LogP contribution in [-0.2, 0) is 0 Å². The maximum Gasteiger partial charge on any atom is 0.117 e. The van der Waals surface area contributed by atoms with Crippen molar-refractivity contribution in [1.29, 1.82) is 0 Å². The van der Waals surface area contributed by atoms with Crippen molar-refractivity contribution in [3.05, 3.63) is 29.8 Å². The molecule has 0 heterocycles. The van der Waals surface area contributed by atoms with Gasteiger partial charge in [0.25, 0.3) is 0 Å². The topological polar surface area (TPSA) is 43.7 Å². The lowest BCUT2D eigenvalue weighted by atomic mass is 10.2. The van der Waals surface area contributed by atoms with E-state index in [1.807, 2.05) is 0 Å². The fourth-order valence-corrected chi connectivity index (χ4v) is 1.00. The van der Waals surface area contributed by atoms with E-state index < -0.39 is 0 Å². The summed E-state index contributed by atoms with van der Waals surface area (Å²) >= 11 is 0. The van der Waals surface area contributed by atoms with Crippen LogP contribution in [0.25, 0.3) is 0 Å². The molecule has 0 aliphatic rings. The van der Waals surface area contributed by atoms with Crippen molar-refractivity contribution in [2.45, 2.75) is 0 Å². The Bertz CT molecular complexity index is 313. The maximum atomic E-state index is 8.86. The van der Waals surface area contributed by atoms with E-state index in [-0.39, 0.29) is 13.5 Å². The molecule has 13 heavy (non-hydrogen) atoms. The molecule has 0 atom stereocenters. The molecule has 3 heteroatoms. The molecule has 0 fully saturated rings. The molecule has 0 radical (unpaired) electrons. The molecule has 0 unspecified atom stereocenters. The van der Waals surface area contributed by atoms with Gasteiger partial charge in [0.2, 0.25) is 0 Å². The van der Waals surface area contributed by atoms with Crippen LogP contribution in [0.1, 0.15) is 5.56 Å². The number of hydrogen-bond acceptors (Lipinski definition) is 3. The zero-order valence-corrected chi connectivity index (χ0v) is 7.14. The molecule has 0 amide bonds. The summed E-state index contributed by atoms with van der Waals surface area (Å²) in [5.41, 5.74) is 1.44. The molecule has 0 bridgehead atoms. The molecule has 1 rings (SSSR count). The summed E-state index contributed by atoms with van der Waals surface area (Å²) in [5.74, 6) is 2.48. The summed E-state index contributed by atoms with van der Waals surface area (Å²) in [6.45, 7) is -0.463. The fraction of sp³-hybridized carbons (Fsp3) is 0.200. The average Bonchev–Trinajstić information content (AvgIpc) is 2.20. The third kappa shape index (κ3) is 2.22. The highest BCUT2D eigenvalue weighted by Gasteiger charge is 2.02. The lowest BCUT2D eigenvalue weighted by Crippen LogP contribution is -2.24. The van der Waals surface area contributed by atoms with Crippen molar-refractivity contribution < 1.29 is 10.2 Å². The number of aliphatic hydroxyl groups is 2. The zero-order valence-electron chi connectivity index (χ0n) is 7.14. The highest BCUT2D eigenvalue weighted by molar-refractivity contribution is 5.51. The molecule has 2 N–H and O–H groups in total. The van der Waals surface area contributed by atoms with Crippen LogP contribution < -0.4 is 4.90 Å². The lowest BCUT2D eigenvalue weighted by molar-refractivity contribution is 0.223. The lowest BCUT2D eigenvalue weighted by Gasteiger charge is -2.18. The Morgan fingerprint density at radius 1 is 1.31 bits per heavy atom. The van der Waals surface area contributed by atoms with E-state index in [1.54, 1.807) is 24.3 Å². The molecular weight excluding hydrogens is 166 g/mol. The molecule has 0 aliphatic heterocycles. The van der Waals surface area contributed by atoms with Gasteiger partial charge in [-0.25, -0.2) is 0 Å². The Kier molecular flexibility index (Phi) is 3.32. The van der Waals surface area contributed by atoms with E-state index in [2.05, 4.69) is 5.92 Å². The van der Waals surface area contributed by atoms with Gasteiger partial charge in [-0.15, -0.1) is 6.42 Å². The molecule has 0 saturated carbocycles. The molecule has 1 aromatic rings. The second-order valence-electron chi connectivity index (χ2n) is 2.52. The van der Waals surface area contributed by atoms with Crippen molar-refractivity contribution in [3.63, 3.8) is 0 Å². The Balaban J connectivity index is 2.94. The fourth-order valence-electron chi connectivity index (χ4n) is 1.00. The van der Waals surface area contributed by atoms with Crippen LogP contribution in [0, 0.1) is 12.3 Å². The molecule has 0 aromatic heterocycles. The van der Waals surface area contributed by atoms with Gasteiger partial charge in [-0.05, 0) is 18.2 Å². The summed E-state index contributed by atoms with van der Waals surface area (Å²) in [6, 6.07) is 7.07. The number of terminal acetylenes is 1. The maximum absolute atomic E-state index is 8.86. The van der Waals surface area contributed by atoms with Crippen LogP contribution >= 0.6 is 0 Å². The standard InChI is InChI=1S/C10H11NO2/c1-2-9-4-3-5-10(6-9)11(7-12)8-13/h1,3-6,12-13H,7-8H2. The normalized spacial score (nSPS) is 9.31. The number of anilines is 1. The molecule has 0 spiro atoms. The quantitative estimate of drug-likeness (QED) is 0.518. The minimum Gasteiger partial charge on any atom is -0.376 e. The van der Waals surface area contributed by atoms with Crippen molar-refractivity contribution in [2.75, 3.05) is 18.4 Å². The first-order chi connectivity index (χ1) is 6.31. The van der Waals surface area contributed by atoms with Crippen molar-refractivity contribution in [1.82, 2.24) is 0 Å². The van der Waals surface area contributed by atoms with Gasteiger partial charge in [-0.2, -0.15) is 0 Å². The van der Waals surface area contributed by atoms with Gasteiger partial charge >= 0.3 is 0 Å². The van der Waals surface area contributed by atoms with E-state index in [9.17, 15) is 0 Å². The highest BCUT2D eigenvalue weighted by atomic mass is 16.3. The van der Waals surface area contributed by atoms with E-state index >= 15 is 0 Å². The first kappa shape index (κ1) is 9.59. The Morgan fingerprint density at radius 3 is 2.54 bits per heavy atom. The number of hydrogen-bond donors (Lipinski definition) is 2. The van der Waals surface area contributed by atoms with Gasteiger partial charge in [0.15, 0.2) is 0 Å². The summed E-state index contributed by atoms with van der Waals surface area (Å²) in [7, 11) is 0. The number of nitrogens with zero attached hydrogens (tertiary/aromatic N) is 1. The van der Waals surface area contributed by atoms with E-state index in [0.29, 0.717) is 5.69 Å². The Labute approximate surface area is 77.2 Å². The molecule has 3 nitrogen and oxygen atoms in total. The summed E-state index contributed by atoms with van der Waals surface area (Å²) in [6.07, 6.45) is 5.21. The van der Waals surface area contributed by atoms with E-state index in [0.717, 1.165) is 5.56 Å². The zero-order chi connectivity index (χ0) is 9.68. The van der Waals surface area contributed by atoms with Gasteiger partial charge in [0.05, 0.1) is 0 Å². The van der Waals surface area contributed by atoms with E-state index in [1.165, 1.54) is 4.90 Å². The van der Waals surface area contributed by atoms with Crippen LogP contribution in [0.3, 0.4) is 0 Å². The predicted molar refractivity (Wildman–Crippen MR) is 51.0 cm³/mol. The predicted octanol–water partition coefficient (Wildman–Crippen LogP) is 0.374. The summed E-state index contributed by atoms with van der Waals surface area (Å²) < 4.78 is 0. The second kappa shape index (κ2) is 4.51. The molecule has 0 aliphatic carbocycles. The minimum absolute atomic E-state index is 0.232. The van der Waals surface area contributed by atoms with Crippen LogP contribution in [0.2, 0.25) is 0 Å². The molecule has 0 saturated heterocycles. The van der Waals surface area contributed by atoms with E-state index in [4.69, 9.17) is 16.6 Å². The Hall–Kier alpha value is -1.50. The molecular formula is C10H11NO2. The van der Waals surface area contributed by atoms with Gasteiger partial charge in [-0.3, -0.25) is 0 Å². The van der Waals surface area contributed by atoms with Gasteiger partial charge in [0, 0.05) is 11.3 Å². The van der Waals surface area contributed by atoms with Crippen molar-refractivity contribution in [2.24, 2.45) is 0 Å². The molecule has 1 aromatic carbocycles. The SMILES string of the molecule is C#Cc1cccc(N(CO)CO)c1. The van der Waals surface area contributed by atoms with Crippen molar-refractivity contribution >= 4 is 5.69 Å². The number of benzene rings is 1. The second-order valence-corrected chi connectivity index (χ2v) is 2.52. The van der Waals surface area contributed by atoms with Crippen LogP contribution in [0.4, 0.5) is 5.69 Å². The van der Waals surface area contributed by atoms with Crippen LogP contribution in [0.15, 0.2) is 24.3 Å². The van der Waals surface area contributed by atoms with Gasteiger partial charge in [-0.1, -0.05) is 12.0 Å². The summed E-state index contributed by atoms with van der Waals surface area (Å²) in [4.78, 5) is 1.39. The Morgan fingerprint density at radius 2 is 2.00 bits per heavy atom. The molecule has 68 valence electrons. The van der Waals surface area contributed by atoms with Gasteiger partial charge in [0.1, 0.15) is 13.5 Å². The third-order valence-corrected chi connectivity index (χ3v) is 1.72. The smallest absolute Gasteiger partial charge is 0.117 e. The largest absolute Gasteiger partial charge is 0.376 e. The first-order valence-corrected chi connectivity index (χ1v) is 3.85. The monoisotopic (exact) mass is 177 g/mol. The summed E-state index contributed by atoms with van der Waals surface area (Å²) in [5, 5.41) is 17.7. The number of rotatable bonds is 3. The van der Waals surface area contributed by atoms with Crippen LogP contribution in [0.5, 0.6) is 0 Å². The minimum atomic E-state index is -0.232. The first-order valence-electron chi connectivity index (χ1n) is 3.85. The van der Waals surface area contributed by atoms with Crippen LogP contribution in [-0.4, -0.2) is 23.7 Å². The van der Waals surface area contributed by atoms with Gasteiger partial charge < -0.3 is 15.1 Å². The average molecular weight is 177 g/mol. The van der Waals surface area contributed by atoms with Crippen molar-refractivity contribution in [3.8, 4) is 12.3 Å². The number of aliphatic hydroxyl groups excluding tert-OH is 2. The third-order valence-electron chi connectivity index (χ3n) is 1.72. The highest BCUT2D eigenvalue weighted by Crippen LogP contribution is 2.14.